The van der Waals surface area contributed by atoms with Gasteiger partial charge in [0.1, 0.15) is 5.75 Å². The first-order valence-corrected chi connectivity index (χ1v) is 6.77. The van der Waals surface area contributed by atoms with Crippen molar-refractivity contribution in [3.05, 3.63) is 58.6 Å². The van der Waals surface area contributed by atoms with Gasteiger partial charge in [-0.2, -0.15) is 0 Å². The van der Waals surface area contributed by atoms with Gasteiger partial charge in [0.05, 0.1) is 12.3 Å². The Morgan fingerprint density at radius 2 is 1.83 bits per heavy atom. The Hall–Kier alpha value is -1.48. The van der Waals surface area contributed by atoms with E-state index < -0.39 is 0 Å². The summed E-state index contributed by atoms with van der Waals surface area (Å²) in [7, 11) is 0. The molecule has 0 aliphatic carbocycles. The van der Waals surface area contributed by atoms with Crippen LogP contribution in [0.15, 0.2) is 53.0 Å². The zero-order valence-corrected chi connectivity index (χ0v) is 11.7. The number of anilines is 1. The summed E-state index contributed by atoms with van der Waals surface area (Å²) >= 11 is 3.41. The monoisotopic (exact) mass is 305 g/mol. The molecule has 0 saturated carbocycles. The largest absolute Gasteiger partial charge is 0.491 e. The fourth-order valence-corrected chi connectivity index (χ4v) is 2.08. The molecule has 2 aromatic rings. The van der Waals surface area contributed by atoms with E-state index in [-0.39, 0.29) is 0 Å². The quantitative estimate of drug-likeness (QED) is 0.668. The maximum atomic E-state index is 5.84. The van der Waals surface area contributed by atoms with E-state index in [9.17, 15) is 0 Å². The Morgan fingerprint density at radius 1 is 1.06 bits per heavy atom. The lowest BCUT2D eigenvalue weighted by atomic mass is 10.1. The molecule has 94 valence electrons. The molecule has 2 N–H and O–H groups in total. The number of aryl methyl sites for hydroxylation is 1. The third-order valence-corrected chi connectivity index (χ3v) is 3.18. The fourth-order valence-electron chi connectivity index (χ4n) is 1.74. The fraction of sp³-hybridized carbons (Fsp3) is 0.200. The standard InChI is InChI=1S/C15H16BrNO/c16-13-8-9-14(17)15(11-13)18-10-4-7-12-5-2-1-3-6-12/h1-3,5-6,8-9,11H,4,7,10,17H2. The second-order valence-electron chi connectivity index (χ2n) is 4.12. The number of hydrogen-bond donors (Lipinski definition) is 1. The molecular weight excluding hydrogens is 290 g/mol. The summed E-state index contributed by atoms with van der Waals surface area (Å²) in [6, 6.07) is 16.1. The summed E-state index contributed by atoms with van der Waals surface area (Å²) in [4.78, 5) is 0. The van der Waals surface area contributed by atoms with Crippen molar-refractivity contribution in [1.82, 2.24) is 0 Å². The van der Waals surface area contributed by atoms with Crippen molar-refractivity contribution < 1.29 is 4.74 Å². The average molecular weight is 306 g/mol. The van der Waals surface area contributed by atoms with Crippen molar-refractivity contribution in [2.45, 2.75) is 12.8 Å². The van der Waals surface area contributed by atoms with Crippen molar-refractivity contribution in [3.8, 4) is 5.75 Å². The number of hydrogen-bond acceptors (Lipinski definition) is 2. The van der Waals surface area contributed by atoms with Crippen molar-refractivity contribution in [1.29, 1.82) is 0 Å². The van der Waals surface area contributed by atoms with Gasteiger partial charge < -0.3 is 10.5 Å². The maximum Gasteiger partial charge on any atom is 0.143 e. The molecule has 0 atom stereocenters. The Kier molecular flexibility index (Phi) is 4.65. The first-order valence-electron chi connectivity index (χ1n) is 5.97. The minimum absolute atomic E-state index is 0.676. The molecule has 0 saturated heterocycles. The highest BCUT2D eigenvalue weighted by Gasteiger charge is 2.01. The minimum Gasteiger partial charge on any atom is -0.491 e. The molecule has 0 amide bonds. The Morgan fingerprint density at radius 3 is 2.61 bits per heavy atom. The molecule has 0 unspecified atom stereocenters. The van der Waals surface area contributed by atoms with Gasteiger partial charge >= 0.3 is 0 Å². The summed E-state index contributed by atoms with van der Waals surface area (Å²) in [6.45, 7) is 0.676. The van der Waals surface area contributed by atoms with Crippen molar-refractivity contribution in [3.63, 3.8) is 0 Å². The lowest BCUT2D eigenvalue weighted by Crippen LogP contribution is -2.01. The van der Waals surface area contributed by atoms with Crippen LogP contribution < -0.4 is 10.5 Å². The van der Waals surface area contributed by atoms with Gasteiger partial charge in [0, 0.05) is 4.47 Å². The normalized spacial score (nSPS) is 10.3. The predicted octanol–water partition coefficient (Wildman–Crippen LogP) is 4.04. The molecule has 0 radical (unpaired) electrons. The zero-order chi connectivity index (χ0) is 12.8. The third-order valence-electron chi connectivity index (χ3n) is 2.69. The Balaban J connectivity index is 1.80. The number of benzene rings is 2. The molecule has 2 aromatic carbocycles. The van der Waals surface area contributed by atoms with Crippen molar-refractivity contribution >= 4 is 21.6 Å². The second-order valence-corrected chi connectivity index (χ2v) is 5.04. The highest BCUT2D eigenvalue weighted by Crippen LogP contribution is 2.25. The number of nitrogens with two attached hydrogens (primary N) is 1. The molecule has 0 fully saturated rings. The average Bonchev–Trinajstić information content (AvgIpc) is 2.40. The smallest absolute Gasteiger partial charge is 0.143 e. The van der Waals surface area contributed by atoms with E-state index in [1.54, 1.807) is 0 Å². The highest BCUT2D eigenvalue weighted by molar-refractivity contribution is 9.10. The molecular formula is C15H16BrNO. The van der Waals surface area contributed by atoms with E-state index >= 15 is 0 Å². The van der Waals surface area contributed by atoms with Crippen LogP contribution in [0.1, 0.15) is 12.0 Å². The van der Waals surface area contributed by atoms with E-state index in [2.05, 4.69) is 40.2 Å². The lowest BCUT2D eigenvalue weighted by Gasteiger charge is -2.09. The van der Waals surface area contributed by atoms with Gasteiger partial charge in [-0.1, -0.05) is 46.3 Å². The first-order chi connectivity index (χ1) is 8.75. The van der Waals surface area contributed by atoms with Gasteiger partial charge in [-0.15, -0.1) is 0 Å². The molecule has 0 aliphatic rings. The SMILES string of the molecule is Nc1ccc(Br)cc1OCCCc1ccccc1. The van der Waals surface area contributed by atoms with Crippen LogP contribution in [0.4, 0.5) is 5.69 Å². The van der Waals surface area contributed by atoms with Gasteiger partial charge in [-0.3, -0.25) is 0 Å². The molecule has 0 heterocycles. The highest BCUT2D eigenvalue weighted by atomic mass is 79.9. The Labute approximate surface area is 116 Å². The molecule has 0 aliphatic heterocycles. The van der Waals surface area contributed by atoms with Crippen LogP contribution in [0.25, 0.3) is 0 Å². The Bertz CT molecular complexity index is 499. The van der Waals surface area contributed by atoms with Crippen molar-refractivity contribution in [2.24, 2.45) is 0 Å². The van der Waals surface area contributed by atoms with Crippen LogP contribution in [-0.4, -0.2) is 6.61 Å². The van der Waals surface area contributed by atoms with E-state index in [4.69, 9.17) is 10.5 Å². The van der Waals surface area contributed by atoms with Gasteiger partial charge in [-0.25, -0.2) is 0 Å². The maximum absolute atomic E-state index is 5.84. The van der Waals surface area contributed by atoms with Gasteiger partial charge in [0.2, 0.25) is 0 Å². The molecule has 0 aromatic heterocycles. The van der Waals surface area contributed by atoms with Crippen LogP contribution in [-0.2, 0) is 6.42 Å². The van der Waals surface area contributed by atoms with Crippen LogP contribution in [0.3, 0.4) is 0 Å². The molecule has 18 heavy (non-hydrogen) atoms. The molecule has 3 heteroatoms. The number of ether oxygens (including phenoxy) is 1. The first kappa shape index (κ1) is 13.0. The van der Waals surface area contributed by atoms with E-state index in [1.165, 1.54) is 5.56 Å². The predicted molar refractivity (Wildman–Crippen MR) is 78.8 cm³/mol. The number of nitrogen functional groups attached to an aromatic ring is 1. The molecule has 2 nitrogen and oxygen atoms in total. The van der Waals surface area contributed by atoms with Gasteiger partial charge in [0.15, 0.2) is 0 Å². The zero-order valence-electron chi connectivity index (χ0n) is 10.1. The van der Waals surface area contributed by atoms with Crippen LogP contribution in [0.2, 0.25) is 0 Å². The second kappa shape index (κ2) is 6.45. The molecule has 0 bridgehead atoms. The number of halogens is 1. The van der Waals surface area contributed by atoms with Crippen molar-refractivity contribution in [2.75, 3.05) is 12.3 Å². The molecule has 2 rings (SSSR count). The minimum atomic E-state index is 0.676. The summed E-state index contributed by atoms with van der Waals surface area (Å²) in [5, 5.41) is 0. The third kappa shape index (κ3) is 3.77. The summed E-state index contributed by atoms with van der Waals surface area (Å²) in [5.41, 5.74) is 7.85. The number of rotatable bonds is 5. The van der Waals surface area contributed by atoms with Gasteiger partial charge in [0.25, 0.3) is 0 Å². The summed E-state index contributed by atoms with van der Waals surface area (Å²) in [6.07, 6.45) is 2.00. The topological polar surface area (TPSA) is 35.2 Å². The van der Waals surface area contributed by atoms with Crippen LogP contribution in [0.5, 0.6) is 5.75 Å². The van der Waals surface area contributed by atoms with E-state index in [0.717, 1.165) is 23.1 Å². The van der Waals surface area contributed by atoms with E-state index in [0.29, 0.717) is 12.3 Å². The van der Waals surface area contributed by atoms with Crippen LogP contribution >= 0.6 is 15.9 Å². The van der Waals surface area contributed by atoms with Crippen LogP contribution in [0, 0.1) is 0 Å². The van der Waals surface area contributed by atoms with E-state index in [1.807, 2.05) is 24.3 Å². The lowest BCUT2D eigenvalue weighted by molar-refractivity contribution is 0.312. The van der Waals surface area contributed by atoms with Gasteiger partial charge in [-0.05, 0) is 36.6 Å². The summed E-state index contributed by atoms with van der Waals surface area (Å²) < 4.78 is 6.67. The summed E-state index contributed by atoms with van der Waals surface area (Å²) in [5.74, 6) is 0.748. The molecule has 0 spiro atoms.